The molecule has 2 fully saturated rings. The normalized spacial score (nSPS) is 17.6. The number of piperazine rings is 1. The van der Waals surface area contributed by atoms with E-state index < -0.39 is 0 Å². The second-order valence-corrected chi connectivity index (χ2v) is 9.20. The molecule has 0 radical (unpaired) electrons. The monoisotopic (exact) mass is 444 g/mol. The molecule has 0 bridgehead atoms. The van der Waals surface area contributed by atoms with Gasteiger partial charge in [-0.3, -0.25) is 14.5 Å². The Labute approximate surface area is 196 Å². The van der Waals surface area contributed by atoms with Gasteiger partial charge in [-0.25, -0.2) is 0 Å². The summed E-state index contributed by atoms with van der Waals surface area (Å²) in [5.74, 6) is 0.561. The number of carbonyl (C=O) groups excluding carboxylic acids is 2. The molecule has 2 heterocycles. The van der Waals surface area contributed by atoms with Crippen LogP contribution in [0.4, 0.5) is 0 Å². The summed E-state index contributed by atoms with van der Waals surface area (Å²) >= 11 is 0. The van der Waals surface area contributed by atoms with Gasteiger partial charge in [0.15, 0.2) is 0 Å². The summed E-state index contributed by atoms with van der Waals surface area (Å²) in [6.07, 6.45) is 2.08. The molecule has 0 spiro atoms. The van der Waals surface area contributed by atoms with Crippen molar-refractivity contribution in [2.45, 2.75) is 39.2 Å². The van der Waals surface area contributed by atoms with Gasteiger partial charge >= 0.3 is 0 Å². The minimum atomic E-state index is 0.0596. The smallest absolute Gasteiger partial charge is 0.254 e. The molecule has 0 unspecified atom stereocenters. The molecule has 0 N–H and O–H groups in total. The lowest BCUT2D eigenvalue weighted by Crippen LogP contribution is -2.50. The van der Waals surface area contributed by atoms with Crippen LogP contribution in [0, 0.1) is 18.3 Å². The van der Waals surface area contributed by atoms with E-state index in [1.807, 2.05) is 42.2 Å². The lowest BCUT2D eigenvalue weighted by atomic mass is 9.86. The van der Waals surface area contributed by atoms with Crippen LogP contribution in [0.5, 0.6) is 0 Å². The third-order valence-corrected chi connectivity index (χ3v) is 7.06. The fourth-order valence-electron chi connectivity index (χ4n) is 5.01. The largest absolute Gasteiger partial charge is 0.339 e. The highest BCUT2D eigenvalue weighted by Crippen LogP contribution is 2.31. The summed E-state index contributed by atoms with van der Waals surface area (Å²) in [4.78, 5) is 30.9. The Bertz CT molecular complexity index is 1060. The highest BCUT2D eigenvalue weighted by atomic mass is 16.2. The Morgan fingerprint density at radius 3 is 2.30 bits per heavy atom. The van der Waals surface area contributed by atoms with Gasteiger partial charge in [0.1, 0.15) is 0 Å². The van der Waals surface area contributed by atoms with Crippen LogP contribution in [0.1, 0.15) is 58.3 Å². The van der Waals surface area contributed by atoms with Gasteiger partial charge in [-0.2, -0.15) is 5.26 Å². The zero-order valence-corrected chi connectivity index (χ0v) is 19.6. The Balaban J connectivity index is 1.37. The van der Waals surface area contributed by atoms with Crippen LogP contribution in [-0.4, -0.2) is 65.8 Å². The molecule has 6 nitrogen and oxygen atoms in total. The number of carbonyl (C=O) groups is 2. The number of likely N-dealkylation sites (tertiary alicyclic amines) is 1. The fourth-order valence-corrected chi connectivity index (χ4v) is 5.01. The lowest BCUT2D eigenvalue weighted by Gasteiger charge is -2.34. The minimum absolute atomic E-state index is 0.0596. The van der Waals surface area contributed by atoms with Crippen LogP contribution >= 0.6 is 0 Å². The summed E-state index contributed by atoms with van der Waals surface area (Å²) in [6.45, 7) is 8.72. The average molecular weight is 445 g/mol. The van der Waals surface area contributed by atoms with Crippen LogP contribution in [-0.2, 0) is 11.3 Å². The number of piperidine rings is 1. The van der Waals surface area contributed by atoms with Crippen LogP contribution in [0.25, 0.3) is 0 Å². The van der Waals surface area contributed by atoms with E-state index in [-0.39, 0.29) is 11.8 Å². The van der Waals surface area contributed by atoms with Crippen molar-refractivity contribution in [3.63, 3.8) is 0 Å². The van der Waals surface area contributed by atoms with Crippen LogP contribution < -0.4 is 0 Å². The van der Waals surface area contributed by atoms with Crippen molar-refractivity contribution >= 4 is 11.8 Å². The maximum atomic E-state index is 13.2. The zero-order valence-electron chi connectivity index (χ0n) is 19.6. The fraction of sp³-hybridized carbons (Fsp3) is 0.444. The van der Waals surface area contributed by atoms with Gasteiger partial charge in [0.05, 0.1) is 11.6 Å². The highest BCUT2D eigenvalue weighted by Gasteiger charge is 2.25. The van der Waals surface area contributed by atoms with Crippen molar-refractivity contribution in [3.8, 4) is 6.07 Å². The molecule has 2 aromatic rings. The van der Waals surface area contributed by atoms with E-state index in [2.05, 4.69) is 23.1 Å². The van der Waals surface area contributed by atoms with Crippen LogP contribution in [0.15, 0.2) is 42.5 Å². The molecule has 2 aromatic carbocycles. The quantitative estimate of drug-likeness (QED) is 0.723. The third kappa shape index (κ3) is 5.26. The summed E-state index contributed by atoms with van der Waals surface area (Å²) in [5.41, 5.74) is 4.88. The van der Waals surface area contributed by atoms with Crippen molar-refractivity contribution in [3.05, 3.63) is 70.3 Å². The summed E-state index contributed by atoms with van der Waals surface area (Å²) in [7, 11) is 0. The second kappa shape index (κ2) is 10.2. The molecule has 0 saturated carbocycles. The maximum absolute atomic E-state index is 13.2. The van der Waals surface area contributed by atoms with Crippen molar-refractivity contribution in [2.24, 2.45) is 0 Å². The van der Waals surface area contributed by atoms with E-state index in [4.69, 9.17) is 0 Å². The maximum Gasteiger partial charge on any atom is 0.254 e. The van der Waals surface area contributed by atoms with Crippen molar-refractivity contribution in [1.82, 2.24) is 14.7 Å². The number of hydrogen-bond donors (Lipinski definition) is 0. The predicted octanol–water partition coefficient (Wildman–Crippen LogP) is 3.55. The lowest BCUT2D eigenvalue weighted by molar-refractivity contribution is -0.130. The van der Waals surface area contributed by atoms with E-state index in [1.165, 1.54) is 5.56 Å². The first kappa shape index (κ1) is 23.0. The van der Waals surface area contributed by atoms with E-state index in [0.29, 0.717) is 32.1 Å². The first-order valence-electron chi connectivity index (χ1n) is 11.8. The third-order valence-electron chi connectivity index (χ3n) is 7.06. The van der Waals surface area contributed by atoms with Gasteiger partial charge in [-0.15, -0.1) is 0 Å². The summed E-state index contributed by atoms with van der Waals surface area (Å²) in [6, 6.07) is 16.5. The number of amides is 2. The molecule has 2 saturated heterocycles. The number of benzene rings is 2. The number of nitrogens with zero attached hydrogens (tertiary/aromatic N) is 4. The number of aryl methyl sites for hydroxylation is 1. The molecule has 2 amide bonds. The van der Waals surface area contributed by atoms with Gasteiger partial charge in [0, 0.05) is 45.2 Å². The SMILES string of the molecule is CC(=O)N1CCN(C(=O)c2cc(CN3CCC(c4ccccc4C#N)CC3)ccc2C)CC1. The number of nitriles is 1. The molecule has 172 valence electrons. The molecule has 4 rings (SSSR count). The van der Waals surface area contributed by atoms with Crippen molar-refractivity contribution in [2.75, 3.05) is 39.3 Å². The summed E-state index contributed by atoms with van der Waals surface area (Å²) in [5, 5.41) is 9.41. The van der Waals surface area contributed by atoms with E-state index in [0.717, 1.165) is 54.7 Å². The molecule has 2 aliphatic heterocycles. The predicted molar refractivity (Wildman–Crippen MR) is 128 cm³/mol. The molecule has 33 heavy (non-hydrogen) atoms. The topological polar surface area (TPSA) is 67.7 Å². The molecule has 0 atom stereocenters. The minimum Gasteiger partial charge on any atom is -0.339 e. The van der Waals surface area contributed by atoms with E-state index >= 15 is 0 Å². The summed E-state index contributed by atoms with van der Waals surface area (Å²) < 4.78 is 0. The van der Waals surface area contributed by atoms with Crippen LogP contribution in [0.2, 0.25) is 0 Å². The molecule has 0 aromatic heterocycles. The second-order valence-electron chi connectivity index (χ2n) is 9.20. The van der Waals surface area contributed by atoms with Gasteiger partial charge < -0.3 is 9.80 Å². The van der Waals surface area contributed by atoms with Gasteiger partial charge in [-0.1, -0.05) is 30.3 Å². The standard InChI is InChI=1S/C27H32N4O2/c1-20-7-8-22(17-26(20)27(33)31-15-13-30(14-16-31)21(2)32)19-29-11-9-23(10-12-29)25-6-4-3-5-24(25)18-28/h3-8,17,23H,9-16,19H2,1-2H3. The number of hydrogen-bond acceptors (Lipinski definition) is 4. The van der Waals surface area contributed by atoms with Crippen molar-refractivity contribution < 1.29 is 9.59 Å². The van der Waals surface area contributed by atoms with Gasteiger partial charge in [0.2, 0.25) is 5.91 Å². The Hall–Kier alpha value is -3.17. The Kier molecular flexibility index (Phi) is 7.10. The first-order chi connectivity index (χ1) is 16.0. The molecular formula is C27H32N4O2. The Morgan fingerprint density at radius 2 is 1.64 bits per heavy atom. The molecular weight excluding hydrogens is 412 g/mol. The van der Waals surface area contributed by atoms with Gasteiger partial charge in [-0.05, 0) is 67.6 Å². The molecule has 0 aliphatic carbocycles. The number of rotatable bonds is 4. The Morgan fingerprint density at radius 1 is 0.970 bits per heavy atom. The zero-order chi connectivity index (χ0) is 23.4. The molecule has 6 heteroatoms. The van der Waals surface area contributed by atoms with Crippen molar-refractivity contribution in [1.29, 1.82) is 5.26 Å². The first-order valence-corrected chi connectivity index (χ1v) is 11.8. The van der Waals surface area contributed by atoms with Gasteiger partial charge in [0.25, 0.3) is 5.91 Å². The van der Waals surface area contributed by atoms with E-state index in [9.17, 15) is 14.9 Å². The highest BCUT2D eigenvalue weighted by molar-refractivity contribution is 5.96. The average Bonchev–Trinajstić information content (AvgIpc) is 2.85. The van der Waals surface area contributed by atoms with E-state index in [1.54, 1.807) is 11.8 Å². The molecule has 2 aliphatic rings. The van der Waals surface area contributed by atoms with Crippen LogP contribution in [0.3, 0.4) is 0 Å².